The van der Waals surface area contributed by atoms with Crippen LogP contribution >= 0.6 is 0 Å². The van der Waals surface area contributed by atoms with Crippen molar-refractivity contribution < 1.29 is 9.90 Å². The van der Waals surface area contributed by atoms with Crippen molar-refractivity contribution >= 4 is 11.9 Å². The van der Waals surface area contributed by atoms with Gasteiger partial charge in [0.2, 0.25) is 5.95 Å². The molecule has 1 aromatic heterocycles. The topological polar surface area (TPSA) is 66.3 Å². The van der Waals surface area contributed by atoms with Crippen molar-refractivity contribution in [1.29, 1.82) is 0 Å². The SMILES string of the molecule is CC(C)(C)c1ccnc(N2CCCC2C(=O)O)n1. The first-order valence-electron chi connectivity index (χ1n) is 6.22. The number of aliphatic carboxylic acids is 1. The van der Waals surface area contributed by atoms with Crippen LogP contribution in [0.15, 0.2) is 12.3 Å². The molecule has 0 bridgehead atoms. The second-order valence-corrected chi connectivity index (χ2v) is 5.68. The Morgan fingerprint density at radius 1 is 1.50 bits per heavy atom. The van der Waals surface area contributed by atoms with Crippen LogP contribution in [0.25, 0.3) is 0 Å². The summed E-state index contributed by atoms with van der Waals surface area (Å²) in [6, 6.07) is 1.40. The Hall–Kier alpha value is -1.65. The maximum absolute atomic E-state index is 11.2. The van der Waals surface area contributed by atoms with Gasteiger partial charge >= 0.3 is 5.97 Å². The summed E-state index contributed by atoms with van der Waals surface area (Å²) < 4.78 is 0. The van der Waals surface area contributed by atoms with Gasteiger partial charge in [-0.25, -0.2) is 14.8 Å². The molecule has 2 rings (SSSR count). The molecule has 2 heterocycles. The van der Waals surface area contributed by atoms with Crippen molar-refractivity contribution in [3.05, 3.63) is 18.0 Å². The van der Waals surface area contributed by atoms with E-state index in [1.165, 1.54) is 0 Å². The Balaban J connectivity index is 2.31. The molecule has 1 saturated heterocycles. The molecule has 1 aromatic rings. The molecular weight excluding hydrogens is 230 g/mol. The number of nitrogens with zero attached hydrogens (tertiary/aromatic N) is 3. The number of hydrogen-bond donors (Lipinski definition) is 1. The van der Waals surface area contributed by atoms with Crippen LogP contribution in [0.1, 0.15) is 39.3 Å². The van der Waals surface area contributed by atoms with E-state index in [1.54, 1.807) is 11.1 Å². The zero-order chi connectivity index (χ0) is 13.3. The Morgan fingerprint density at radius 3 is 2.83 bits per heavy atom. The zero-order valence-electron chi connectivity index (χ0n) is 11.1. The molecule has 0 radical (unpaired) electrons. The maximum atomic E-state index is 11.2. The highest BCUT2D eigenvalue weighted by Gasteiger charge is 2.32. The second-order valence-electron chi connectivity index (χ2n) is 5.68. The molecular formula is C13H19N3O2. The second kappa shape index (κ2) is 4.55. The molecule has 0 aromatic carbocycles. The normalized spacial score (nSPS) is 20.2. The average Bonchev–Trinajstić information content (AvgIpc) is 2.77. The standard InChI is InChI=1S/C13H19N3O2/c1-13(2,3)10-6-7-14-12(15-10)16-8-4-5-9(16)11(17)18/h6-7,9H,4-5,8H2,1-3H3,(H,17,18). The van der Waals surface area contributed by atoms with E-state index >= 15 is 0 Å². The van der Waals surface area contributed by atoms with Gasteiger partial charge < -0.3 is 10.0 Å². The predicted molar refractivity (Wildman–Crippen MR) is 68.7 cm³/mol. The van der Waals surface area contributed by atoms with E-state index in [1.807, 2.05) is 6.07 Å². The molecule has 18 heavy (non-hydrogen) atoms. The largest absolute Gasteiger partial charge is 0.480 e. The van der Waals surface area contributed by atoms with Gasteiger partial charge in [-0.15, -0.1) is 0 Å². The third-order valence-electron chi connectivity index (χ3n) is 3.21. The van der Waals surface area contributed by atoms with Crippen molar-refractivity contribution in [3.8, 4) is 0 Å². The van der Waals surface area contributed by atoms with Gasteiger partial charge in [-0.2, -0.15) is 0 Å². The fourth-order valence-corrected chi connectivity index (χ4v) is 2.17. The summed E-state index contributed by atoms with van der Waals surface area (Å²) in [5.74, 6) is -0.260. The molecule has 1 unspecified atom stereocenters. The van der Waals surface area contributed by atoms with Crippen molar-refractivity contribution in [3.63, 3.8) is 0 Å². The van der Waals surface area contributed by atoms with Crippen LogP contribution in [0, 0.1) is 0 Å². The van der Waals surface area contributed by atoms with Gasteiger partial charge in [0.05, 0.1) is 5.69 Å². The molecule has 0 spiro atoms. The maximum Gasteiger partial charge on any atom is 0.326 e. The lowest BCUT2D eigenvalue weighted by atomic mass is 9.92. The summed E-state index contributed by atoms with van der Waals surface area (Å²) in [4.78, 5) is 21.7. The number of anilines is 1. The van der Waals surface area contributed by atoms with Crippen LogP contribution in [-0.4, -0.2) is 33.6 Å². The van der Waals surface area contributed by atoms with E-state index < -0.39 is 12.0 Å². The Morgan fingerprint density at radius 2 is 2.22 bits per heavy atom. The molecule has 0 saturated carbocycles. The summed E-state index contributed by atoms with van der Waals surface area (Å²) in [6.07, 6.45) is 3.25. The quantitative estimate of drug-likeness (QED) is 0.866. The van der Waals surface area contributed by atoms with Crippen LogP contribution < -0.4 is 4.90 Å². The Bertz CT molecular complexity index is 454. The van der Waals surface area contributed by atoms with Gasteiger partial charge in [0.15, 0.2) is 0 Å². The molecule has 1 aliphatic rings. The summed E-state index contributed by atoms with van der Waals surface area (Å²) >= 11 is 0. The third kappa shape index (κ3) is 2.44. The number of carboxylic acid groups (broad SMARTS) is 1. The first-order chi connectivity index (χ1) is 8.39. The molecule has 1 N–H and O–H groups in total. The monoisotopic (exact) mass is 249 g/mol. The highest BCUT2D eigenvalue weighted by Crippen LogP contribution is 2.25. The van der Waals surface area contributed by atoms with Crippen LogP contribution in [0.4, 0.5) is 5.95 Å². The average molecular weight is 249 g/mol. The number of rotatable bonds is 2. The fourth-order valence-electron chi connectivity index (χ4n) is 2.17. The lowest BCUT2D eigenvalue weighted by Gasteiger charge is -2.24. The number of carbonyl (C=O) groups is 1. The predicted octanol–water partition coefficient (Wildman–Crippen LogP) is 1.83. The highest BCUT2D eigenvalue weighted by molar-refractivity contribution is 5.78. The number of carboxylic acids is 1. The Kier molecular flexibility index (Phi) is 3.24. The third-order valence-corrected chi connectivity index (χ3v) is 3.21. The summed E-state index contributed by atoms with van der Waals surface area (Å²) in [5, 5.41) is 9.18. The van der Waals surface area contributed by atoms with Gasteiger partial charge in [0, 0.05) is 18.2 Å². The summed E-state index contributed by atoms with van der Waals surface area (Å²) in [7, 11) is 0. The molecule has 1 atom stereocenters. The van der Waals surface area contributed by atoms with Crippen LogP contribution in [-0.2, 0) is 10.2 Å². The molecule has 98 valence electrons. The van der Waals surface area contributed by atoms with E-state index in [0.29, 0.717) is 18.9 Å². The highest BCUT2D eigenvalue weighted by atomic mass is 16.4. The smallest absolute Gasteiger partial charge is 0.326 e. The van der Waals surface area contributed by atoms with E-state index in [4.69, 9.17) is 0 Å². The molecule has 5 heteroatoms. The van der Waals surface area contributed by atoms with Gasteiger partial charge in [0.25, 0.3) is 0 Å². The van der Waals surface area contributed by atoms with Crippen LogP contribution in [0.3, 0.4) is 0 Å². The van der Waals surface area contributed by atoms with Gasteiger partial charge in [-0.1, -0.05) is 20.8 Å². The zero-order valence-corrected chi connectivity index (χ0v) is 11.1. The van der Waals surface area contributed by atoms with E-state index in [2.05, 4.69) is 30.7 Å². The summed E-state index contributed by atoms with van der Waals surface area (Å²) in [6.45, 7) is 6.96. The van der Waals surface area contributed by atoms with E-state index in [9.17, 15) is 9.90 Å². The minimum atomic E-state index is -0.794. The van der Waals surface area contributed by atoms with Crippen LogP contribution in [0.2, 0.25) is 0 Å². The van der Waals surface area contributed by atoms with Crippen molar-refractivity contribution in [2.24, 2.45) is 0 Å². The minimum Gasteiger partial charge on any atom is -0.480 e. The summed E-state index contributed by atoms with van der Waals surface area (Å²) in [5.41, 5.74) is 0.874. The van der Waals surface area contributed by atoms with Crippen LogP contribution in [0.5, 0.6) is 0 Å². The molecule has 0 aliphatic carbocycles. The number of hydrogen-bond acceptors (Lipinski definition) is 4. The number of aromatic nitrogens is 2. The molecule has 1 aliphatic heterocycles. The molecule has 0 amide bonds. The van der Waals surface area contributed by atoms with Crippen molar-refractivity contribution in [2.45, 2.75) is 45.1 Å². The van der Waals surface area contributed by atoms with Crippen molar-refractivity contribution in [1.82, 2.24) is 9.97 Å². The first-order valence-corrected chi connectivity index (χ1v) is 6.22. The van der Waals surface area contributed by atoms with E-state index in [0.717, 1.165) is 12.1 Å². The van der Waals surface area contributed by atoms with Crippen molar-refractivity contribution in [2.75, 3.05) is 11.4 Å². The Labute approximate surface area is 107 Å². The van der Waals surface area contributed by atoms with E-state index in [-0.39, 0.29) is 5.41 Å². The van der Waals surface area contributed by atoms with Gasteiger partial charge in [-0.05, 0) is 18.9 Å². The van der Waals surface area contributed by atoms with Gasteiger partial charge in [0.1, 0.15) is 6.04 Å². The molecule has 1 fully saturated rings. The molecule has 5 nitrogen and oxygen atoms in total. The van der Waals surface area contributed by atoms with Gasteiger partial charge in [-0.3, -0.25) is 0 Å². The fraction of sp³-hybridized carbons (Fsp3) is 0.615. The minimum absolute atomic E-state index is 0.0594. The first kappa shape index (κ1) is 12.8. The lowest BCUT2D eigenvalue weighted by molar-refractivity contribution is -0.138. The lowest BCUT2D eigenvalue weighted by Crippen LogP contribution is -2.37.